The first kappa shape index (κ1) is 32.7. The highest BCUT2D eigenvalue weighted by molar-refractivity contribution is 5.92. The molecule has 4 aromatic rings. The summed E-state index contributed by atoms with van der Waals surface area (Å²) in [4.78, 5) is 28.4. The summed E-state index contributed by atoms with van der Waals surface area (Å²) in [6.07, 6.45) is -7.92. The van der Waals surface area contributed by atoms with Crippen molar-refractivity contribution in [3.63, 3.8) is 0 Å². The van der Waals surface area contributed by atoms with Gasteiger partial charge in [-0.15, -0.1) is 23.4 Å². The van der Waals surface area contributed by atoms with E-state index in [1.54, 1.807) is 0 Å². The fraction of sp³-hybridized carbons (Fsp3) is 0.320. The third-order valence-corrected chi connectivity index (χ3v) is 5.86. The van der Waals surface area contributed by atoms with Crippen LogP contribution in [0.25, 0.3) is 0 Å². The first-order valence-corrected chi connectivity index (χ1v) is 12.7. The van der Waals surface area contributed by atoms with E-state index in [0.29, 0.717) is 0 Å². The highest BCUT2D eigenvalue weighted by atomic mass is 19.4. The van der Waals surface area contributed by atoms with Crippen molar-refractivity contribution in [3.05, 3.63) is 82.9 Å². The normalized spacial score (nSPS) is 12.5. The molecule has 1 aromatic carbocycles. The quantitative estimate of drug-likeness (QED) is 0.222. The van der Waals surface area contributed by atoms with Gasteiger partial charge in [-0.3, -0.25) is 19.3 Å². The molecule has 3 aromatic heterocycles. The van der Waals surface area contributed by atoms with Crippen molar-refractivity contribution >= 4 is 11.8 Å². The van der Waals surface area contributed by atoms with Gasteiger partial charge in [0.15, 0.2) is 11.4 Å². The van der Waals surface area contributed by atoms with Gasteiger partial charge in [0.25, 0.3) is 11.8 Å². The fourth-order valence-corrected chi connectivity index (χ4v) is 3.73. The van der Waals surface area contributed by atoms with Crippen molar-refractivity contribution in [3.8, 4) is 5.75 Å². The monoisotopic (exact) mass is 647 g/mol. The topological polar surface area (TPSA) is 142 Å². The van der Waals surface area contributed by atoms with Crippen LogP contribution in [0.1, 0.15) is 44.2 Å². The van der Waals surface area contributed by atoms with E-state index in [1.165, 1.54) is 6.20 Å². The summed E-state index contributed by atoms with van der Waals surface area (Å²) in [7, 11) is 0. The van der Waals surface area contributed by atoms with E-state index >= 15 is 0 Å². The number of nitrogens with one attached hydrogen (secondary N) is 2. The number of rotatable bonds is 12. The number of aryl methyl sites for hydroxylation is 1. The molecule has 240 valence electrons. The lowest BCUT2D eigenvalue weighted by molar-refractivity contribution is -0.274. The molecule has 3 heterocycles. The van der Waals surface area contributed by atoms with E-state index < -0.39 is 54.2 Å². The number of hydrogen-bond donors (Lipinski definition) is 2. The van der Waals surface area contributed by atoms with Crippen LogP contribution in [0.2, 0.25) is 0 Å². The Bertz CT molecular complexity index is 1640. The van der Waals surface area contributed by atoms with Gasteiger partial charge in [-0.25, -0.2) is 13.5 Å². The number of benzene rings is 1. The van der Waals surface area contributed by atoms with Gasteiger partial charge in [0.2, 0.25) is 0 Å². The maximum Gasteiger partial charge on any atom is 0.573 e. The number of carbonyl (C=O) groups excluding carboxylic acids is 2. The van der Waals surface area contributed by atoms with Crippen molar-refractivity contribution < 1.29 is 49.4 Å². The Morgan fingerprint density at radius 2 is 1.53 bits per heavy atom. The molecule has 0 radical (unpaired) electrons. The van der Waals surface area contributed by atoms with E-state index in [0.717, 1.165) is 52.1 Å². The van der Waals surface area contributed by atoms with E-state index in [9.17, 15) is 44.7 Å². The van der Waals surface area contributed by atoms with Crippen LogP contribution in [0.4, 0.5) is 35.1 Å². The second-order valence-corrected chi connectivity index (χ2v) is 9.28. The lowest BCUT2D eigenvalue weighted by Gasteiger charge is -2.11. The molecule has 45 heavy (non-hydrogen) atoms. The Morgan fingerprint density at radius 3 is 2.20 bits per heavy atom. The molecule has 4 rings (SSSR count). The summed E-state index contributed by atoms with van der Waals surface area (Å²) in [5.74, 6) is -3.14. The molecule has 0 aliphatic rings. The van der Waals surface area contributed by atoms with Crippen LogP contribution in [-0.2, 0) is 32.4 Å². The Balaban J connectivity index is 1.22. The molecule has 0 aliphatic carbocycles. The summed E-state index contributed by atoms with van der Waals surface area (Å²) in [6, 6.07) is 3.90. The molecule has 0 spiro atoms. The number of aromatic nitrogens is 7. The standard InChI is InChI=1S/C25H21F8N9O3/c26-16(11-42-13-21(38-40-42)23(44)36-10-17-8-15(3-5-34-17)24(28,29)30)4-6-41-12-20(37-39-41)22(43)35-9-14-7-18(1-2-19(14)27)45-25(31,32)33/h1-3,5,7-8,12-13,16H,4,6,9-11H2,(H,35,43)(H,36,44). The van der Waals surface area contributed by atoms with Crippen LogP contribution in [0.15, 0.2) is 48.9 Å². The number of carbonyl (C=O) groups is 2. The third kappa shape index (κ3) is 9.66. The van der Waals surface area contributed by atoms with Gasteiger partial charge in [-0.05, 0) is 30.3 Å². The Morgan fingerprint density at radius 1 is 0.889 bits per heavy atom. The summed E-state index contributed by atoms with van der Waals surface area (Å²) in [5.41, 5.74) is -1.67. The molecule has 0 fully saturated rings. The van der Waals surface area contributed by atoms with E-state index in [4.69, 9.17) is 0 Å². The van der Waals surface area contributed by atoms with Gasteiger partial charge in [-0.2, -0.15) is 13.2 Å². The maximum absolute atomic E-state index is 14.6. The predicted molar refractivity (Wildman–Crippen MR) is 134 cm³/mol. The number of ether oxygens (including phenoxy) is 1. The molecule has 0 aliphatic heterocycles. The molecule has 2 N–H and O–H groups in total. The predicted octanol–water partition coefficient (Wildman–Crippen LogP) is 3.61. The summed E-state index contributed by atoms with van der Waals surface area (Å²) >= 11 is 0. The molecule has 12 nitrogen and oxygen atoms in total. The number of halogens is 8. The minimum absolute atomic E-state index is 0.0400. The molecular formula is C25H21F8N9O3. The van der Waals surface area contributed by atoms with Gasteiger partial charge in [0.05, 0.1) is 36.7 Å². The lowest BCUT2D eigenvalue weighted by atomic mass is 10.2. The van der Waals surface area contributed by atoms with Crippen molar-refractivity contribution in [1.29, 1.82) is 0 Å². The first-order valence-electron chi connectivity index (χ1n) is 12.7. The van der Waals surface area contributed by atoms with Crippen molar-refractivity contribution in [1.82, 2.24) is 45.6 Å². The van der Waals surface area contributed by atoms with Crippen molar-refractivity contribution in [2.24, 2.45) is 0 Å². The lowest BCUT2D eigenvalue weighted by Crippen LogP contribution is -2.24. The van der Waals surface area contributed by atoms with Crippen LogP contribution >= 0.6 is 0 Å². The maximum atomic E-state index is 14.6. The second kappa shape index (κ2) is 13.6. The third-order valence-electron chi connectivity index (χ3n) is 5.86. The molecule has 0 saturated carbocycles. The number of hydrogen-bond acceptors (Lipinski definition) is 8. The van der Waals surface area contributed by atoms with Gasteiger partial charge in [0, 0.05) is 31.3 Å². The fourth-order valence-electron chi connectivity index (χ4n) is 3.73. The molecule has 1 atom stereocenters. The van der Waals surface area contributed by atoms with E-state index in [1.807, 2.05) is 0 Å². The molecular weight excluding hydrogens is 626 g/mol. The number of pyridine rings is 1. The zero-order valence-electron chi connectivity index (χ0n) is 22.6. The van der Waals surface area contributed by atoms with Gasteiger partial charge in [-0.1, -0.05) is 10.4 Å². The average molecular weight is 647 g/mol. The molecule has 1 unspecified atom stereocenters. The zero-order chi connectivity index (χ0) is 32.8. The van der Waals surface area contributed by atoms with E-state index in [-0.39, 0.29) is 48.7 Å². The molecule has 0 saturated heterocycles. The van der Waals surface area contributed by atoms with Gasteiger partial charge < -0.3 is 15.4 Å². The summed E-state index contributed by atoms with van der Waals surface area (Å²) in [5, 5.41) is 19.3. The summed E-state index contributed by atoms with van der Waals surface area (Å²) in [6.45, 7) is -1.17. The highest BCUT2D eigenvalue weighted by Gasteiger charge is 2.32. The smallest absolute Gasteiger partial charge is 0.406 e. The molecule has 20 heteroatoms. The molecule has 0 bridgehead atoms. The Labute approximate surface area is 247 Å². The second-order valence-electron chi connectivity index (χ2n) is 9.28. The minimum Gasteiger partial charge on any atom is -0.406 e. The van der Waals surface area contributed by atoms with Crippen LogP contribution in [0.5, 0.6) is 5.75 Å². The minimum atomic E-state index is -4.98. The Hall–Kier alpha value is -5.17. The van der Waals surface area contributed by atoms with Gasteiger partial charge in [0.1, 0.15) is 17.7 Å². The first-order chi connectivity index (χ1) is 21.2. The van der Waals surface area contributed by atoms with Crippen LogP contribution in [0.3, 0.4) is 0 Å². The van der Waals surface area contributed by atoms with Crippen LogP contribution < -0.4 is 15.4 Å². The highest BCUT2D eigenvalue weighted by Crippen LogP contribution is 2.29. The van der Waals surface area contributed by atoms with Crippen molar-refractivity contribution in [2.45, 2.75) is 51.3 Å². The molecule has 2 amide bonds. The van der Waals surface area contributed by atoms with Crippen LogP contribution in [0, 0.1) is 5.82 Å². The number of amides is 2. The largest absolute Gasteiger partial charge is 0.573 e. The number of nitrogens with zero attached hydrogens (tertiary/aromatic N) is 7. The van der Waals surface area contributed by atoms with Gasteiger partial charge >= 0.3 is 12.5 Å². The summed E-state index contributed by atoms with van der Waals surface area (Å²) < 4.78 is 110. The van der Waals surface area contributed by atoms with E-state index in [2.05, 4.69) is 41.0 Å². The SMILES string of the molecule is O=C(NCc1cc(OC(F)(F)F)ccc1F)c1cn(CCC(F)Cn2cc(C(=O)NCc3cc(C(F)(F)F)ccn3)nn2)nn1. The van der Waals surface area contributed by atoms with Crippen molar-refractivity contribution in [2.75, 3.05) is 0 Å². The Kier molecular flexibility index (Phi) is 9.92. The average Bonchev–Trinajstić information content (AvgIpc) is 3.64. The van der Waals surface area contributed by atoms with Crippen LogP contribution in [-0.4, -0.2) is 59.3 Å². The zero-order valence-corrected chi connectivity index (χ0v) is 22.6. The number of alkyl halides is 7.